The highest BCUT2D eigenvalue weighted by atomic mass is 16.5. The third-order valence-electron chi connectivity index (χ3n) is 2.08. The second kappa shape index (κ2) is 4.65. The van der Waals surface area contributed by atoms with Crippen molar-refractivity contribution in [2.24, 2.45) is 0 Å². The molecule has 2 aromatic heterocycles. The van der Waals surface area contributed by atoms with Crippen molar-refractivity contribution in [1.29, 1.82) is 0 Å². The third-order valence-corrected chi connectivity index (χ3v) is 2.08. The van der Waals surface area contributed by atoms with Gasteiger partial charge in [-0.3, -0.25) is 0 Å². The number of aromatic carboxylic acids is 1. The molecular formula is C11H11N3O3. The Morgan fingerprint density at radius 3 is 2.94 bits per heavy atom. The topological polar surface area (TPSA) is 77.2 Å². The van der Waals surface area contributed by atoms with E-state index < -0.39 is 5.97 Å². The molecule has 0 saturated carbocycles. The van der Waals surface area contributed by atoms with Gasteiger partial charge in [0.2, 0.25) is 5.88 Å². The van der Waals surface area contributed by atoms with E-state index in [1.807, 2.05) is 0 Å². The molecule has 0 aliphatic heterocycles. The molecule has 88 valence electrons. The summed E-state index contributed by atoms with van der Waals surface area (Å²) in [6, 6.07) is 5.30. The van der Waals surface area contributed by atoms with Gasteiger partial charge in [0.15, 0.2) is 5.82 Å². The monoisotopic (exact) mass is 233 g/mol. The van der Waals surface area contributed by atoms with E-state index in [0.29, 0.717) is 12.4 Å². The summed E-state index contributed by atoms with van der Waals surface area (Å²) in [5, 5.41) is 13.0. The molecular weight excluding hydrogens is 222 g/mol. The van der Waals surface area contributed by atoms with E-state index in [1.54, 1.807) is 31.3 Å². The summed E-state index contributed by atoms with van der Waals surface area (Å²) in [5.41, 5.74) is 0.0255. The molecule has 0 amide bonds. The van der Waals surface area contributed by atoms with Crippen molar-refractivity contribution in [3.8, 4) is 11.7 Å². The minimum absolute atomic E-state index is 0.0255. The van der Waals surface area contributed by atoms with Gasteiger partial charge in [0.1, 0.15) is 5.56 Å². The van der Waals surface area contributed by atoms with Gasteiger partial charge in [-0.2, -0.15) is 0 Å². The van der Waals surface area contributed by atoms with Gasteiger partial charge in [-0.25, -0.2) is 14.5 Å². The first-order chi connectivity index (χ1) is 8.22. The van der Waals surface area contributed by atoms with Crippen molar-refractivity contribution in [2.75, 3.05) is 6.61 Å². The summed E-state index contributed by atoms with van der Waals surface area (Å²) in [6.07, 6.45) is 2.99. The fourth-order valence-electron chi connectivity index (χ4n) is 1.35. The standard InChI is InChI=1S/C11H11N3O3/c1-2-17-10-8(11(15)16)7-14(13-10)9-5-3-4-6-12-9/h3-7H,2H2,1H3,(H,15,16). The minimum Gasteiger partial charge on any atom is -0.477 e. The van der Waals surface area contributed by atoms with Crippen molar-refractivity contribution >= 4 is 5.97 Å². The number of nitrogens with zero attached hydrogens (tertiary/aromatic N) is 3. The number of ether oxygens (including phenoxy) is 1. The van der Waals surface area contributed by atoms with Gasteiger partial charge >= 0.3 is 5.97 Å². The van der Waals surface area contributed by atoms with Crippen molar-refractivity contribution in [3.05, 3.63) is 36.2 Å². The first-order valence-electron chi connectivity index (χ1n) is 5.09. The Kier molecular flexibility index (Phi) is 3.04. The van der Waals surface area contributed by atoms with Crippen molar-refractivity contribution in [1.82, 2.24) is 14.8 Å². The molecule has 0 fully saturated rings. The van der Waals surface area contributed by atoms with E-state index in [9.17, 15) is 4.79 Å². The maximum atomic E-state index is 11.0. The fraction of sp³-hybridized carbons (Fsp3) is 0.182. The van der Waals surface area contributed by atoms with E-state index in [1.165, 1.54) is 10.9 Å². The number of carboxylic acid groups (broad SMARTS) is 1. The molecule has 2 rings (SSSR count). The molecule has 17 heavy (non-hydrogen) atoms. The van der Waals surface area contributed by atoms with Crippen LogP contribution in [0, 0.1) is 0 Å². The number of hydrogen-bond acceptors (Lipinski definition) is 4. The third kappa shape index (κ3) is 2.25. The van der Waals surface area contributed by atoms with Gasteiger partial charge in [-0.1, -0.05) is 6.07 Å². The fourth-order valence-corrected chi connectivity index (χ4v) is 1.35. The second-order valence-electron chi connectivity index (χ2n) is 3.22. The lowest BCUT2D eigenvalue weighted by molar-refractivity contribution is 0.0692. The van der Waals surface area contributed by atoms with Gasteiger partial charge in [0, 0.05) is 6.20 Å². The average Bonchev–Trinajstić information content (AvgIpc) is 2.75. The molecule has 0 spiro atoms. The molecule has 0 aliphatic carbocycles. The van der Waals surface area contributed by atoms with Crippen molar-refractivity contribution in [2.45, 2.75) is 6.92 Å². The van der Waals surface area contributed by atoms with Crippen LogP contribution in [0.25, 0.3) is 5.82 Å². The zero-order chi connectivity index (χ0) is 12.3. The van der Waals surface area contributed by atoms with Crippen LogP contribution in [0.3, 0.4) is 0 Å². The average molecular weight is 233 g/mol. The summed E-state index contributed by atoms with van der Waals surface area (Å²) in [7, 11) is 0. The Morgan fingerprint density at radius 2 is 2.35 bits per heavy atom. The lowest BCUT2D eigenvalue weighted by Gasteiger charge is -1.99. The van der Waals surface area contributed by atoms with Crippen LogP contribution in [-0.2, 0) is 0 Å². The lowest BCUT2D eigenvalue weighted by atomic mass is 10.3. The van der Waals surface area contributed by atoms with Crippen LogP contribution in [-0.4, -0.2) is 32.4 Å². The largest absolute Gasteiger partial charge is 0.477 e. The highest BCUT2D eigenvalue weighted by Crippen LogP contribution is 2.17. The molecule has 0 atom stereocenters. The second-order valence-corrected chi connectivity index (χ2v) is 3.22. The van der Waals surface area contributed by atoms with Crippen molar-refractivity contribution < 1.29 is 14.6 Å². The van der Waals surface area contributed by atoms with Crippen LogP contribution in [0.15, 0.2) is 30.6 Å². The predicted molar refractivity (Wildman–Crippen MR) is 59.5 cm³/mol. The van der Waals surface area contributed by atoms with Crippen LogP contribution in [0.1, 0.15) is 17.3 Å². The van der Waals surface area contributed by atoms with E-state index >= 15 is 0 Å². The Labute approximate surface area is 97.5 Å². The molecule has 0 aliphatic rings. The number of rotatable bonds is 4. The Hall–Kier alpha value is -2.37. The van der Waals surface area contributed by atoms with Crippen LogP contribution >= 0.6 is 0 Å². The van der Waals surface area contributed by atoms with Gasteiger partial charge in [0.25, 0.3) is 0 Å². The van der Waals surface area contributed by atoms with E-state index in [4.69, 9.17) is 9.84 Å². The first-order valence-corrected chi connectivity index (χ1v) is 5.09. The van der Waals surface area contributed by atoms with E-state index in [0.717, 1.165) is 0 Å². The maximum Gasteiger partial charge on any atom is 0.342 e. The first kappa shape index (κ1) is 11.1. The van der Waals surface area contributed by atoms with Gasteiger partial charge in [0.05, 0.1) is 12.8 Å². The number of hydrogen-bond donors (Lipinski definition) is 1. The smallest absolute Gasteiger partial charge is 0.342 e. The number of aromatic nitrogens is 3. The molecule has 0 bridgehead atoms. The van der Waals surface area contributed by atoms with E-state index in [-0.39, 0.29) is 11.4 Å². The SMILES string of the molecule is CCOc1nn(-c2ccccn2)cc1C(=O)O. The quantitative estimate of drug-likeness (QED) is 0.862. The van der Waals surface area contributed by atoms with Crippen LogP contribution in [0.4, 0.5) is 0 Å². The summed E-state index contributed by atoms with van der Waals surface area (Å²) in [5.74, 6) is -0.428. The molecule has 0 saturated heterocycles. The number of pyridine rings is 1. The van der Waals surface area contributed by atoms with Gasteiger partial charge < -0.3 is 9.84 Å². The Bertz CT molecular complexity index is 522. The zero-order valence-electron chi connectivity index (χ0n) is 9.20. The normalized spacial score (nSPS) is 10.2. The maximum absolute atomic E-state index is 11.0. The highest BCUT2D eigenvalue weighted by Gasteiger charge is 2.17. The molecule has 0 radical (unpaired) electrons. The summed E-state index contributed by atoms with van der Waals surface area (Å²) in [6.45, 7) is 2.13. The minimum atomic E-state index is -1.07. The summed E-state index contributed by atoms with van der Waals surface area (Å²) < 4.78 is 6.54. The molecule has 0 unspecified atom stereocenters. The zero-order valence-corrected chi connectivity index (χ0v) is 9.20. The molecule has 0 aromatic carbocycles. The number of carbonyl (C=O) groups is 1. The Balaban J connectivity index is 2.44. The predicted octanol–water partition coefficient (Wildman–Crippen LogP) is 1.36. The highest BCUT2D eigenvalue weighted by molar-refractivity contribution is 5.90. The van der Waals surface area contributed by atoms with Gasteiger partial charge in [-0.05, 0) is 19.1 Å². The summed E-state index contributed by atoms with van der Waals surface area (Å²) >= 11 is 0. The van der Waals surface area contributed by atoms with Crippen LogP contribution in [0.2, 0.25) is 0 Å². The molecule has 1 N–H and O–H groups in total. The number of carboxylic acids is 1. The summed E-state index contributed by atoms with van der Waals surface area (Å²) in [4.78, 5) is 15.1. The lowest BCUT2D eigenvalue weighted by Crippen LogP contribution is -2.00. The molecule has 6 heteroatoms. The van der Waals surface area contributed by atoms with Crippen molar-refractivity contribution in [3.63, 3.8) is 0 Å². The van der Waals surface area contributed by atoms with Crippen LogP contribution in [0.5, 0.6) is 5.88 Å². The molecule has 2 aromatic rings. The molecule has 2 heterocycles. The van der Waals surface area contributed by atoms with Crippen LogP contribution < -0.4 is 4.74 Å². The Morgan fingerprint density at radius 1 is 1.53 bits per heavy atom. The molecule has 6 nitrogen and oxygen atoms in total. The van der Waals surface area contributed by atoms with Gasteiger partial charge in [-0.15, -0.1) is 5.10 Å². The van der Waals surface area contributed by atoms with E-state index in [2.05, 4.69) is 10.1 Å².